The second-order valence-electron chi connectivity index (χ2n) is 4.13. The number of hydrogen-bond donors (Lipinski definition) is 0. The number of fused-ring (bicyclic) bond motifs is 2. The maximum atomic E-state index is 11.1. The monoisotopic (exact) mass is 219 g/mol. The molecular formula is C12H13NO3. The minimum absolute atomic E-state index is 0.140. The lowest BCUT2D eigenvalue weighted by Gasteiger charge is -2.35. The van der Waals surface area contributed by atoms with Crippen LogP contribution in [0.5, 0.6) is 0 Å². The van der Waals surface area contributed by atoms with Crippen molar-refractivity contribution in [2.45, 2.75) is 37.1 Å². The highest BCUT2D eigenvalue weighted by atomic mass is 16.6. The van der Waals surface area contributed by atoms with Gasteiger partial charge in [-0.1, -0.05) is 12.2 Å². The normalized spacial score (nSPS) is 39.4. The van der Waals surface area contributed by atoms with E-state index in [1.54, 1.807) is 6.08 Å². The molecule has 16 heavy (non-hydrogen) atoms. The molecule has 1 saturated heterocycles. The maximum absolute atomic E-state index is 11.1. The molecule has 0 N–H and O–H groups in total. The zero-order valence-electron chi connectivity index (χ0n) is 9.10. The molecule has 0 radical (unpaired) electrons. The largest absolute Gasteiger partial charge is 0.440 e. The van der Waals surface area contributed by atoms with E-state index < -0.39 is 17.2 Å². The Bertz CT molecular complexity index is 409. The van der Waals surface area contributed by atoms with Gasteiger partial charge < -0.3 is 9.47 Å². The van der Waals surface area contributed by atoms with Crippen molar-refractivity contribution in [2.75, 3.05) is 0 Å². The Hall–Kier alpha value is -1.60. The van der Waals surface area contributed by atoms with Gasteiger partial charge in [-0.3, -0.25) is 4.79 Å². The molecule has 1 fully saturated rings. The summed E-state index contributed by atoms with van der Waals surface area (Å²) in [5.41, 5.74) is -2.05. The highest BCUT2D eigenvalue weighted by Crippen LogP contribution is 2.50. The Morgan fingerprint density at radius 1 is 1.88 bits per heavy atom. The van der Waals surface area contributed by atoms with Crippen molar-refractivity contribution in [3.63, 3.8) is 0 Å². The highest BCUT2D eigenvalue weighted by Gasteiger charge is 2.63. The first-order valence-electron chi connectivity index (χ1n) is 5.16. The number of esters is 1. The van der Waals surface area contributed by atoms with Gasteiger partial charge in [-0.15, -0.1) is 6.58 Å². The second kappa shape index (κ2) is 3.46. The summed E-state index contributed by atoms with van der Waals surface area (Å²) < 4.78 is 10.9. The van der Waals surface area contributed by atoms with Crippen LogP contribution in [0.3, 0.4) is 0 Å². The van der Waals surface area contributed by atoms with Crippen LogP contribution >= 0.6 is 0 Å². The fraction of sp³-hybridized carbons (Fsp3) is 0.500. The summed E-state index contributed by atoms with van der Waals surface area (Å²) in [6, 6.07) is 2.10. The van der Waals surface area contributed by atoms with Crippen LogP contribution in [0.4, 0.5) is 0 Å². The standard InChI is InChI=1S/C12H13NO3/c1-3-5-11-6-4-10(16-11)7-12(11,8-13)15-9(2)14/h3-4,6,10H,1,5,7H2,2H3/t10-,11+,12-/m1/s1. The van der Waals surface area contributed by atoms with Crippen molar-refractivity contribution < 1.29 is 14.3 Å². The number of hydrogen-bond acceptors (Lipinski definition) is 4. The van der Waals surface area contributed by atoms with Gasteiger partial charge in [0.1, 0.15) is 11.7 Å². The maximum Gasteiger partial charge on any atom is 0.304 e. The first-order chi connectivity index (χ1) is 7.57. The van der Waals surface area contributed by atoms with Crippen LogP contribution in [-0.2, 0) is 14.3 Å². The van der Waals surface area contributed by atoms with E-state index in [2.05, 4.69) is 12.6 Å². The number of ether oxygens (including phenoxy) is 2. The molecule has 4 nitrogen and oxygen atoms in total. The van der Waals surface area contributed by atoms with Crippen LogP contribution in [0, 0.1) is 11.3 Å². The van der Waals surface area contributed by atoms with E-state index in [1.807, 2.05) is 12.2 Å². The summed E-state index contributed by atoms with van der Waals surface area (Å²) in [6.07, 6.45) is 6.11. The van der Waals surface area contributed by atoms with E-state index in [1.165, 1.54) is 6.92 Å². The minimum Gasteiger partial charge on any atom is -0.440 e. The lowest BCUT2D eigenvalue weighted by Crippen LogP contribution is -2.51. The Labute approximate surface area is 94.1 Å². The Morgan fingerprint density at radius 3 is 3.12 bits per heavy atom. The number of carbonyl (C=O) groups is 1. The molecule has 2 aliphatic heterocycles. The van der Waals surface area contributed by atoms with Gasteiger partial charge in [0.15, 0.2) is 0 Å². The van der Waals surface area contributed by atoms with Crippen molar-refractivity contribution in [1.29, 1.82) is 5.26 Å². The van der Waals surface area contributed by atoms with Crippen LogP contribution in [0.1, 0.15) is 19.8 Å². The van der Waals surface area contributed by atoms with Crippen molar-refractivity contribution in [3.05, 3.63) is 24.8 Å². The van der Waals surface area contributed by atoms with Gasteiger partial charge in [-0.25, -0.2) is 0 Å². The molecular weight excluding hydrogens is 206 g/mol. The zero-order valence-corrected chi connectivity index (χ0v) is 9.10. The molecule has 0 spiro atoms. The van der Waals surface area contributed by atoms with Gasteiger partial charge in [0.2, 0.25) is 5.60 Å². The Kier molecular flexibility index (Phi) is 2.36. The molecule has 0 aromatic rings. The first-order valence-corrected chi connectivity index (χ1v) is 5.16. The first kappa shape index (κ1) is 10.9. The highest BCUT2D eigenvalue weighted by molar-refractivity contribution is 5.67. The third-order valence-electron chi connectivity index (χ3n) is 3.06. The van der Waals surface area contributed by atoms with Gasteiger partial charge in [0, 0.05) is 19.8 Å². The van der Waals surface area contributed by atoms with Crippen LogP contribution < -0.4 is 0 Å². The summed E-state index contributed by atoms with van der Waals surface area (Å²) in [5.74, 6) is -0.463. The fourth-order valence-electron chi connectivity index (χ4n) is 2.44. The lowest BCUT2D eigenvalue weighted by molar-refractivity contribution is -0.161. The molecule has 0 aromatic carbocycles. The summed E-state index contributed by atoms with van der Waals surface area (Å²) in [4.78, 5) is 11.1. The van der Waals surface area contributed by atoms with E-state index >= 15 is 0 Å². The fourth-order valence-corrected chi connectivity index (χ4v) is 2.44. The van der Waals surface area contributed by atoms with E-state index in [9.17, 15) is 10.1 Å². The summed E-state index contributed by atoms with van der Waals surface area (Å²) in [6.45, 7) is 4.95. The third-order valence-corrected chi connectivity index (χ3v) is 3.06. The van der Waals surface area contributed by atoms with E-state index in [0.717, 1.165) is 0 Å². The number of rotatable bonds is 3. The van der Waals surface area contributed by atoms with Gasteiger partial charge in [0.25, 0.3) is 0 Å². The number of nitriles is 1. The Morgan fingerprint density at radius 2 is 2.62 bits per heavy atom. The Balaban J connectivity index is 2.39. The smallest absolute Gasteiger partial charge is 0.304 e. The van der Waals surface area contributed by atoms with Crippen LogP contribution in [0.2, 0.25) is 0 Å². The van der Waals surface area contributed by atoms with Crippen molar-refractivity contribution >= 4 is 5.97 Å². The quantitative estimate of drug-likeness (QED) is 0.533. The molecule has 2 heterocycles. The summed E-state index contributed by atoms with van der Waals surface area (Å²) in [5, 5.41) is 9.30. The molecule has 2 aliphatic rings. The van der Waals surface area contributed by atoms with E-state index in [-0.39, 0.29) is 6.10 Å². The lowest BCUT2D eigenvalue weighted by atomic mass is 9.77. The molecule has 0 aliphatic carbocycles. The predicted molar refractivity (Wildman–Crippen MR) is 56.3 cm³/mol. The number of carbonyl (C=O) groups excluding carboxylic acids is 1. The zero-order chi connectivity index (χ0) is 11.8. The minimum atomic E-state index is -1.20. The van der Waals surface area contributed by atoms with Crippen LogP contribution in [-0.4, -0.2) is 23.3 Å². The molecule has 4 heteroatoms. The second-order valence-corrected chi connectivity index (χ2v) is 4.13. The van der Waals surface area contributed by atoms with Gasteiger partial charge in [-0.2, -0.15) is 5.26 Å². The predicted octanol–water partition coefficient (Wildman–Crippen LogP) is 1.49. The molecule has 0 unspecified atom stereocenters. The van der Waals surface area contributed by atoms with Gasteiger partial charge >= 0.3 is 5.97 Å². The average molecular weight is 219 g/mol. The molecule has 0 aromatic heterocycles. The van der Waals surface area contributed by atoms with Gasteiger partial charge in [-0.05, 0) is 6.08 Å². The molecule has 0 saturated carbocycles. The van der Waals surface area contributed by atoms with Gasteiger partial charge in [0.05, 0.1) is 6.10 Å². The third kappa shape index (κ3) is 1.29. The molecule has 0 amide bonds. The molecule has 84 valence electrons. The van der Waals surface area contributed by atoms with E-state index in [4.69, 9.17) is 9.47 Å². The molecule has 2 bridgehead atoms. The average Bonchev–Trinajstić information content (AvgIpc) is 2.73. The topological polar surface area (TPSA) is 59.3 Å². The van der Waals surface area contributed by atoms with Crippen molar-refractivity contribution in [1.82, 2.24) is 0 Å². The SMILES string of the molecule is C=CC[C@]12C=C[C@H](C[C@]1(C#N)OC(C)=O)O2. The van der Waals surface area contributed by atoms with Crippen molar-refractivity contribution in [2.24, 2.45) is 0 Å². The van der Waals surface area contributed by atoms with E-state index in [0.29, 0.717) is 12.8 Å². The summed E-state index contributed by atoms with van der Waals surface area (Å²) in [7, 11) is 0. The number of nitrogens with zero attached hydrogens (tertiary/aromatic N) is 1. The van der Waals surface area contributed by atoms with Crippen molar-refractivity contribution in [3.8, 4) is 6.07 Å². The van der Waals surface area contributed by atoms with Crippen LogP contribution in [0.15, 0.2) is 24.8 Å². The molecule has 2 rings (SSSR count). The molecule has 3 atom stereocenters. The van der Waals surface area contributed by atoms with Crippen LogP contribution in [0.25, 0.3) is 0 Å². The summed E-state index contributed by atoms with van der Waals surface area (Å²) >= 11 is 0.